The molecule has 1 saturated heterocycles. The summed E-state index contributed by atoms with van der Waals surface area (Å²) in [6.45, 7) is 8.03. The van der Waals surface area contributed by atoms with Crippen molar-refractivity contribution < 1.29 is 0 Å². The fourth-order valence-corrected chi connectivity index (χ4v) is 1.47. The van der Waals surface area contributed by atoms with Crippen LogP contribution in [0.3, 0.4) is 0 Å². The first-order chi connectivity index (χ1) is 8.61. The first-order valence-corrected chi connectivity index (χ1v) is 6.84. The molecule has 4 nitrogen and oxygen atoms in total. The Morgan fingerprint density at radius 3 is 1.83 bits per heavy atom. The van der Waals surface area contributed by atoms with Crippen LogP contribution in [0.2, 0.25) is 0 Å². The molecule has 5 N–H and O–H groups in total. The molecular formula is C14H32N4. The number of nitrogens with zero attached hydrogens (tertiary/aromatic N) is 1. The molecule has 1 fully saturated rings. The van der Waals surface area contributed by atoms with Gasteiger partial charge in [0.2, 0.25) is 0 Å². The average molecular weight is 256 g/mol. The predicted octanol–water partition coefficient (Wildman–Crippen LogP) is 2.00. The van der Waals surface area contributed by atoms with Crippen molar-refractivity contribution in [1.82, 2.24) is 10.2 Å². The Bertz CT molecular complexity index is 224. The van der Waals surface area contributed by atoms with Crippen molar-refractivity contribution in [3.8, 4) is 0 Å². The van der Waals surface area contributed by atoms with Gasteiger partial charge in [-0.1, -0.05) is 13.8 Å². The van der Waals surface area contributed by atoms with Gasteiger partial charge in [-0.05, 0) is 52.4 Å². The molecule has 1 heterocycles. The maximum atomic E-state index is 5.88. The minimum Gasteiger partial charge on any atom is -0.402 e. The van der Waals surface area contributed by atoms with E-state index >= 15 is 0 Å². The zero-order chi connectivity index (χ0) is 14.4. The van der Waals surface area contributed by atoms with Gasteiger partial charge in [0.1, 0.15) is 0 Å². The summed E-state index contributed by atoms with van der Waals surface area (Å²) in [6.07, 6.45) is 7.57. The molecule has 18 heavy (non-hydrogen) atoms. The lowest BCUT2D eigenvalue weighted by atomic mass is 10.1. The number of likely N-dealkylation sites (tertiary alicyclic amines) is 1. The smallest absolute Gasteiger partial charge is 0.0986 e. The van der Waals surface area contributed by atoms with Gasteiger partial charge in [-0.25, -0.2) is 0 Å². The van der Waals surface area contributed by atoms with Crippen LogP contribution in [0, 0.1) is 0 Å². The third-order valence-corrected chi connectivity index (χ3v) is 2.24. The van der Waals surface area contributed by atoms with Crippen LogP contribution in [0.5, 0.6) is 0 Å². The van der Waals surface area contributed by atoms with E-state index in [9.17, 15) is 0 Å². The summed E-state index contributed by atoms with van der Waals surface area (Å²) in [6, 6.07) is 0. The quantitative estimate of drug-likeness (QED) is 0.661. The van der Waals surface area contributed by atoms with Crippen molar-refractivity contribution >= 4 is 0 Å². The van der Waals surface area contributed by atoms with Gasteiger partial charge >= 0.3 is 0 Å². The van der Waals surface area contributed by atoms with Gasteiger partial charge in [-0.15, -0.1) is 0 Å². The molecule has 1 aliphatic heterocycles. The third kappa shape index (κ3) is 11.3. The number of nitrogens with two attached hydrogens (primary N) is 2. The van der Waals surface area contributed by atoms with Crippen molar-refractivity contribution in [3.05, 3.63) is 23.7 Å². The second-order valence-electron chi connectivity index (χ2n) is 4.05. The minimum absolute atomic E-state index is 0.792. The van der Waals surface area contributed by atoms with Crippen LogP contribution in [0.4, 0.5) is 0 Å². The molecule has 0 atom stereocenters. The van der Waals surface area contributed by atoms with Crippen LogP contribution in [0.1, 0.15) is 40.0 Å². The van der Waals surface area contributed by atoms with Gasteiger partial charge in [-0.2, -0.15) is 0 Å². The van der Waals surface area contributed by atoms with Crippen molar-refractivity contribution in [2.75, 3.05) is 27.2 Å². The first kappa shape index (κ1) is 19.2. The fourth-order valence-electron chi connectivity index (χ4n) is 1.47. The minimum atomic E-state index is 0.792. The zero-order valence-corrected chi connectivity index (χ0v) is 12.8. The lowest BCUT2D eigenvalue weighted by Gasteiger charge is -2.28. The van der Waals surface area contributed by atoms with E-state index in [1.165, 1.54) is 19.3 Å². The maximum absolute atomic E-state index is 5.88. The fraction of sp³-hybridized carbons (Fsp3) is 0.714. The molecule has 108 valence electrons. The van der Waals surface area contributed by atoms with Crippen molar-refractivity contribution in [2.24, 2.45) is 11.5 Å². The molecular weight excluding hydrogens is 224 g/mol. The lowest BCUT2D eigenvalue weighted by Crippen LogP contribution is -2.32. The van der Waals surface area contributed by atoms with E-state index in [4.69, 9.17) is 11.5 Å². The van der Waals surface area contributed by atoms with E-state index in [1.54, 1.807) is 0 Å². The summed E-state index contributed by atoms with van der Waals surface area (Å²) in [4.78, 5) is 2.21. The summed E-state index contributed by atoms with van der Waals surface area (Å²) in [5.74, 6) is 0.838. The highest BCUT2D eigenvalue weighted by molar-refractivity contribution is 5.12. The molecule has 0 aromatic rings. The van der Waals surface area contributed by atoms with Crippen molar-refractivity contribution in [1.29, 1.82) is 0 Å². The highest BCUT2D eigenvalue weighted by atomic mass is 15.2. The summed E-state index contributed by atoms with van der Waals surface area (Å²) >= 11 is 0. The summed E-state index contributed by atoms with van der Waals surface area (Å²) in [5, 5.41) is 2.75. The molecule has 0 bridgehead atoms. The van der Waals surface area contributed by atoms with Gasteiger partial charge in [0.25, 0.3) is 0 Å². The van der Waals surface area contributed by atoms with Gasteiger partial charge in [0.05, 0.1) is 5.82 Å². The van der Waals surface area contributed by atoms with Crippen LogP contribution in [-0.4, -0.2) is 32.1 Å². The van der Waals surface area contributed by atoms with Crippen LogP contribution >= 0.6 is 0 Å². The molecule has 0 spiro atoms. The second-order valence-corrected chi connectivity index (χ2v) is 4.05. The van der Waals surface area contributed by atoms with E-state index in [1.807, 2.05) is 47.0 Å². The number of allylic oxidation sites excluding steroid dienone is 3. The van der Waals surface area contributed by atoms with Gasteiger partial charge in [0, 0.05) is 18.8 Å². The van der Waals surface area contributed by atoms with Gasteiger partial charge < -0.3 is 21.7 Å². The molecule has 0 unspecified atom stereocenters. The number of hydrogen-bond acceptors (Lipinski definition) is 4. The zero-order valence-electron chi connectivity index (χ0n) is 12.8. The summed E-state index contributed by atoms with van der Waals surface area (Å²) in [7, 11) is 3.75. The SMILES string of the molecule is C/C(N)=C/C=C(\N)N1CCCCC1.CC.CNC. The molecule has 0 aliphatic carbocycles. The lowest BCUT2D eigenvalue weighted by molar-refractivity contribution is 0.282. The van der Waals surface area contributed by atoms with Crippen molar-refractivity contribution in [2.45, 2.75) is 40.0 Å². The predicted molar refractivity (Wildman–Crippen MR) is 82.0 cm³/mol. The molecule has 1 rings (SSSR count). The number of hydrogen-bond donors (Lipinski definition) is 3. The largest absolute Gasteiger partial charge is 0.402 e. The molecule has 0 aromatic carbocycles. The Balaban J connectivity index is 0. The highest BCUT2D eigenvalue weighted by Crippen LogP contribution is 2.11. The Morgan fingerprint density at radius 2 is 1.44 bits per heavy atom. The first-order valence-electron chi connectivity index (χ1n) is 6.84. The van der Waals surface area contributed by atoms with Gasteiger partial charge in [-0.3, -0.25) is 0 Å². The van der Waals surface area contributed by atoms with Crippen LogP contribution in [0.15, 0.2) is 23.7 Å². The molecule has 0 amide bonds. The average Bonchev–Trinajstić information content (AvgIpc) is 2.40. The van der Waals surface area contributed by atoms with Gasteiger partial charge in [0.15, 0.2) is 0 Å². The Kier molecular flexibility index (Phi) is 14.8. The standard InChI is InChI=1S/C10H19N3.C2H7N.C2H6/c1-9(11)5-6-10(12)13-7-3-2-4-8-13;1-3-2;1-2/h5-6H,2-4,7-8,11-12H2,1H3;3H,1-2H3;1-2H3/b9-5-,10-6+;;. The maximum Gasteiger partial charge on any atom is 0.0986 e. The second kappa shape index (κ2) is 13.9. The number of piperidine rings is 1. The molecule has 1 aliphatic rings. The van der Waals surface area contributed by atoms with Crippen LogP contribution in [-0.2, 0) is 0 Å². The van der Waals surface area contributed by atoms with E-state index in [0.717, 1.165) is 24.6 Å². The third-order valence-electron chi connectivity index (χ3n) is 2.24. The normalized spacial score (nSPS) is 16.2. The topological polar surface area (TPSA) is 67.3 Å². The Labute approximate surface area is 113 Å². The van der Waals surface area contributed by atoms with Crippen LogP contribution in [0.25, 0.3) is 0 Å². The number of rotatable bonds is 2. The van der Waals surface area contributed by atoms with E-state index in [-0.39, 0.29) is 0 Å². The number of nitrogens with one attached hydrogen (secondary N) is 1. The van der Waals surface area contributed by atoms with E-state index in [0.29, 0.717) is 0 Å². The molecule has 4 heteroatoms. The highest BCUT2D eigenvalue weighted by Gasteiger charge is 2.09. The van der Waals surface area contributed by atoms with Crippen LogP contribution < -0.4 is 16.8 Å². The summed E-state index contributed by atoms with van der Waals surface area (Å²) in [5.41, 5.74) is 12.2. The molecule has 0 radical (unpaired) electrons. The Hall–Kier alpha value is -1.16. The monoisotopic (exact) mass is 256 g/mol. The summed E-state index contributed by atoms with van der Waals surface area (Å²) < 4.78 is 0. The van der Waals surface area contributed by atoms with E-state index in [2.05, 4.69) is 10.2 Å². The van der Waals surface area contributed by atoms with E-state index < -0.39 is 0 Å². The van der Waals surface area contributed by atoms with Crippen molar-refractivity contribution in [3.63, 3.8) is 0 Å². The molecule has 0 saturated carbocycles. The Morgan fingerprint density at radius 1 is 1.00 bits per heavy atom. The molecule has 0 aromatic heterocycles.